The molecule has 1 aliphatic heterocycles. The molecule has 0 bridgehead atoms. The van der Waals surface area contributed by atoms with Crippen LogP contribution in [0.25, 0.3) is 0 Å². The zero-order valence-corrected chi connectivity index (χ0v) is 15.9. The summed E-state index contributed by atoms with van der Waals surface area (Å²) in [4.78, 5) is 37.4. The molecule has 29 heavy (non-hydrogen) atoms. The highest BCUT2D eigenvalue weighted by Crippen LogP contribution is 2.15. The van der Waals surface area contributed by atoms with Crippen molar-refractivity contribution in [2.75, 3.05) is 13.1 Å². The van der Waals surface area contributed by atoms with E-state index in [1.165, 1.54) is 12.1 Å². The van der Waals surface area contributed by atoms with Crippen LogP contribution < -0.4 is 5.32 Å². The maximum Gasteiger partial charge on any atom is 0.335 e. The molecular formula is C22H23FN2O4. The van der Waals surface area contributed by atoms with Crippen LogP contribution in [0.2, 0.25) is 0 Å². The second-order valence-electron chi connectivity index (χ2n) is 7.11. The number of piperidine rings is 1. The van der Waals surface area contributed by atoms with E-state index in [4.69, 9.17) is 5.11 Å². The Kier molecular flexibility index (Phi) is 6.59. The molecule has 0 aromatic heterocycles. The van der Waals surface area contributed by atoms with Gasteiger partial charge in [0.2, 0.25) is 5.91 Å². The lowest BCUT2D eigenvalue weighted by Crippen LogP contribution is -2.46. The molecule has 0 atom stereocenters. The van der Waals surface area contributed by atoms with Crippen molar-refractivity contribution in [2.45, 2.75) is 31.7 Å². The van der Waals surface area contributed by atoms with Gasteiger partial charge < -0.3 is 15.3 Å². The van der Waals surface area contributed by atoms with Gasteiger partial charge in [-0.15, -0.1) is 0 Å². The van der Waals surface area contributed by atoms with Crippen LogP contribution in [0, 0.1) is 5.82 Å². The number of halogens is 1. The van der Waals surface area contributed by atoms with Crippen LogP contribution in [0.4, 0.5) is 4.39 Å². The lowest BCUT2D eigenvalue weighted by Gasteiger charge is -2.32. The number of amides is 2. The Balaban J connectivity index is 1.47. The molecule has 0 spiro atoms. The van der Waals surface area contributed by atoms with Gasteiger partial charge in [-0.05, 0) is 43.0 Å². The lowest BCUT2D eigenvalue weighted by molar-refractivity contribution is -0.132. The first kappa shape index (κ1) is 20.5. The summed E-state index contributed by atoms with van der Waals surface area (Å²) in [6.45, 7) is 1.08. The molecule has 3 rings (SSSR count). The summed E-state index contributed by atoms with van der Waals surface area (Å²) in [5.41, 5.74) is 0.733. The van der Waals surface area contributed by atoms with Crippen LogP contribution in [-0.2, 0) is 11.2 Å². The standard InChI is InChI=1S/C22H23FN2O4/c23-19-14-16(22(28)29)7-8-18(19)21(27)24-17-10-12-25(13-11-17)20(26)9-6-15-4-2-1-3-5-15/h1-5,7-8,14,17H,6,9-13H2,(H,24,27)(H,28,29). The van der Waals surface area contributed by atoms with Gasteiger partial charge in [0.05, 0.1) is 11.1 Å². The Bertz CT molecular complexity index is 893. The first-order chi connectivity index (χ1) is 13.9. The smallest absolute Gasteiger partial charge is 0.335 e. The molecule has 1 heterocycles. The quantitative estimate of drug-likeness (QED) is 0.783. The molecule has 2 amide bonds. The van der Waals surface area contributed by atoms with E-state index < -0.39 is 17.7 Å². The fraction of sp³-hybridized carbons (Fsp3) is 0.318. The lowest BCUT2D eigenvalue weighted by atomic mass is 10.0. The van der Waals surface area contributed by atoms with Crippen molar-refractivity contribution in [3.63, 3.8) is 0 Å². The van der Waals surface area contributed by atoms with Gasteiger partial charge in [-0.2, -0.15) is 0 Å². The number of hydrogen-bond donors (Lipinski definition) is 2. The van der Waals surface area contributed by atoms with Crippen molar-refractivity contribution in [1.29, 1.82) is 0 Å². The Labute approximate surface area is 168 Å². The number of benzene rings is 2. The van der Waals surface area contributed by atoms with Gasteiger partial charge in [0, 0.05) is 25.6 Å². The molecule has 6 nitrogen and oxygen atoms in total. The molecule has 2 aromatic carbocycles. The number of aromatic carboxylic acids is 1. The van der Waals surface area contributed by atoms with Gasteiger partial charge in [-0.25, -0.2) is 9.18 Å². The minimum atomic E-state index is -1.25. The molecule has 1 aliphatic rings. The second-order valence-corrected chi connectivity index (χ2v) is 7.11. The molecule has 7 heteroatoms. The maximum atomic E-state index is 14.0. The number of carboxylic acids is 1. The number of carboxylic acid groups (broad SMARTS) is 1. The number of nitrogens with zero attached hydrogens (tertiary/aromatic N) is 1. The Morgan fingerprint density at radius 3 is 2.38 bits per heavy atom. The Morgan fingerprint density at radius 1 is 1.07 bits per heavy atom. The highest BCUT2D eigenvalue weighted by Gasteiger charge is 2.25. The Hall–Kier alpha value is -3.22. The normalized spacial score (nSPS) is 14.4. The van der Waals surface area contributed by atoms with Gasteiger partial charge in [0.15, 0.2) is 0 Å². The number of carbonyl (C=O) groups excluding carboxylic acids is 2. The van der Waals surface area contributed by atoms with E-state index in [-0.39, 0.29) is 23.1 Å². The first-order valence-electron chi connectivity index (χ1n) is 9.59. The molecular weight excluding hydrogens is 375 g/mol. The van der Waals surface area contributed by atoms with Crippen molar-refractivity contribution in [1.82, 2.24) is 10.2 Å². The monoisotopic (exact) mass is 398 g/mol. The topological polar surface area (TPSA) is 86.7 Å². The number of likely N-dealkylation sites (tertiary alicyclic amines) is 1. The van der Waals surface area contributed by atoms with Crippen molar-refractivity contribution in [3.05, 3.63) is 71.0 Å². The number of carbonyl (C=O) groups is 3. The van der Waals surface area contributed by atoms with Crippen LogP contribution in [-0.4, -0.2) is 46.9 Å². The SMILES string of the molecule is O=C(O)c1ccc(C(=O)NC2CCN(C(=O)CCc3ccccc3)CC2)c(F)c1. The van der Waals surface area contributed by atoms with E-state index >= 15 is 0 Å². The highest BCUT2D eigenvalue weighted by molar-refractivity contribution is 5.96. The van der Waals surface area contributed by atoms with E-state index in [9.17, 15) is 18.8 Å². The fourth-order valence-corrected chi connectivity index (χ4v) is 3.42. The van der Waals surface area contributed by atoms with Gasteiger partial charge in [-0.1, -0.05) is 30.3 Å². The summed E-state index contributed by atoms with van der Waals surface area (Å²) >= 11 is 0. The minimum absolute atomic E-state index is 0.0916. The molecule has 0 unspecified atom stereocenters. The van der Waals surface area contributed by atoms with Gasteiger partial charge in [-0.3, -0.25) is 9.59 Å². The van der Waals surface area contributed by atoms with Gasteiger partial charge in [0.25, 0.3) is 5.91 Å². The van der Waals surface area contributed by atoms with E-state index in [2.05, 4.69) is 5.32 Å². The van der Waals surface area contributed by atoms with Gasteiger partial charge >= 0.3 is 5.97 Å². The summed E-state index contributed by atoms with van der Waals surface area (Å²) in [6, 6.07) is 12.9. The molecule has 2 aromatic rings. The van der Waals surface area contributed by atoms with Crippen LogP contribution in [0.5, 0.6) is 0 Å². The summed E-state index contributed by atoms with van der Waals surface area (Å²) < 4.78 is 14.0. The minimum Gasteiger partial charge on any atom is -0.478 e. The first-order valence-corrected chi connectivity index (χ1v) is 9.59. The molecule has 0 saturated carbocycles. The molecule has 1 saturated heterocycles. The zero-order valence-electron chi connectivity index (χ0n) is 15.9. The van der Waals surface area contributed by atoms with Crippen molar-refractivity contribution < 1.29 is 23.9 Å². The number of aryl methyl sites for hydroxylation is 1. The van der Waals surface area contributed by atoms with E-state index in [1.54, 1.807) is 4.90 Å². The third-order valence-corrected chi connectivity index (χ3v) is 5.11. The summed E-state index contributed by atoms with van der Waals surface area (Å²) in [7, 11) is 0. The van der Waals surface area contributed by atoms with E-state index in [1.807, 2.05) is 30.3 Å². The second kappa shape index (κ2) is 9.32. The third-order valence-electron chi connectivity index (χ3n) is 5.11. The van der Waals surface area contributed by atoms with Crippen molar-refractivity contribution >= 4 is 17.8 Å². The van der Waals surface area contributed by atoms with Crippen LogP contribution in [0.1, 0.15) is 45.5 Å². The van der Waals surface area contributed by atoms with E-state index in [0.717, 1.165) is 11.6 Å². The zero-order chi connectivity index (χ0) is 20.8. The predicted molar refractivity (Wildman–Crippen MR) is 105 cm³/mol. The molecule has 152 valence electrons. The summed E-state index contributed by atoms with van der Waals surface area (Å²) in [6.07, 6.45) is 2.33. The van der Waals surface area contributed by atoms with Crippen LogP contribution in [0.3, 0.4) is 0 Å². The number of nitrogens with one attached hydrogen (secondary N) is 1. The average Bonchev–Trinajstić information content (AvgIpc) is 2.73. The van der Waals surface area contributed by atoms with E-state index in [0.29, 0.717) is 38.8 Å². The maximum absolute atomic E-state index is 14.0. The highest BCUT2D eigenvalue weighted by atomic mass is 19.1. The average molecular weight is 398 g/mol. The summed E-state index contributed by atoms with van der Waals surface area (Å²) in [5, 5.41) is 11.7. The van der Waals surface area contributed by atoms with Crippen LogP contribution in [0.15, 0.2) is 48.5 Å². The molecule has 0 aliphatic carbocycles. The number of rotatable bonds is 6. The fourth-order valence-electron chi connectivity index (χ4n) is 3.42. The van der Waals surface area contributed by atoms with Gasteiger partial charge in [0.1, 0.15) is 5.82 Å². The molecule has 1 fully saturated rings. The largest absolute Gasteiger partial charge is 0.478 e. The number of hydrogen-bond acceptors (Lipinski definition) is 3. The molecule has 2 N–H and O–H groups in total. The predicted octanol–water partition coefficient (Wildman–Crippen LogP) is 2.88. The van der Waals surface area contributed by atoms with Crippen molar-refractivity contribution in [3.8, 4) is 0 Å². The summed E-state index contributed by atoms with van der Waals surface area (Å²) in [5.74, 6) is -2.60. The Morgan fingerprint density at radius 2 is 1.76 bits per heavy atom. The van der Waals surface area contributed by atoms with Crippen molar-refractivity contribution in [2.24, 2.45) is 0 Å². The molecule has 0 radical (unpaired) electrons. The van der Waals surface area contributed by atoms with Crippen LogP contribution >= 0.6 is 0 Å². The third kappa shape index (κ3) is 5.40.